The molecule has 23 heavy (non-hydrogen) atoms. The number of aromatic nitrogens is 2. The Morgan fingerprint density at radius 1 is 1.26 bits per heavy atom. The smallest absolute Gasteiger partial charge is 0.272 e. The summed E-state index contributed by atoms with van der Waals surface area (Å²) in [7, 11) is 1.79. The Morgan fingerprint density at radius 3 is 2.70 bits per heavy atom. The summed E-state index contributed by atoms with van der Waals surface area (Å²) < 4.78 is 0. The first-order valence-electron chi connectivity index (χ1n) is 7.33. The van der Waals surface area contributed by atoms with Crippen molar-refractivity contribution in [2.24, 2.45) is 0 Å². The predicted molar refractivity (Wildman–Crippen MR) is 91.6 cm³/mol. The molecule has 118 valence electrons. The van der Waals surface area contributed by atoms with E-state index < -0.39 is 0 Å². The summed E-state index contributed by atoms with van der Waals surface area (Å²) in [6, 6.07) is 11.2. The number of H-pyrrole nitrogens is 1. The van der Waals surface area contributed by atoms with E-state index in [1.165, 1.54) is 0 Å². The molecule has 0 saturated heterocycles. The molecule has 1 amide bonds. The molecule has 1 atom stereocenters. The van der Waals surface area contributed by atoms with E-state index in [1.54, 1.807) is 35.4 Å². The van der Waals surface area contributed by atoms with Gasteiger partial charge in [0.05, 0.1) is 23.5 Å². The van der Waals surface area contributed by atoms with E-state index in [1.807, 2.05) is 36.6 Å². The number of hydrogen-bond donors (Lipinski definition) is 1. The van der Waals surface area contributed by atoms with E-state index >= 15 is 0 Å². The Balaban J connectivity index is 1.86. The third-order valence-electron chi connectivity index (χ3n) is 4.02. The van der Waals surface area contributed by atoms with Gasteiger partial charge in [0.25, 0.3) is 5.56 Å². The van der Waals surface area contributed by atoms with Gasteiger partial charge in [0.15, 0.2) is 0 Å². The fourth-order valence-corrected chi connectivity index (χ4v) is 3.34. The van der Waals surface area contributed by atoms with Crippen molar-refractivity contribution in [1.82, 2.24) is 15.1 Å². The van der Waals surface area contributed by atoms with E-state index in [4.69, 9.17) is 0 Å². The number of hydrogen-bond acceptors (Lipinski definition) is 4. The number of nitrogens with one attached hydrogen (secondary N) is 1. The van der Waals surface area contributed by atoms with Crippen LogP contribution < -0.4 is 5.56 Å². The van der Waals surface area contributed by atoms with Crippen molar-refractivity contribution in [3.8, 4) is 0 Å². The molecule has 1 unspecified atom stereocenters. The lowest BCUT2D eigenvalue weighted by Gasteiger charge is -2.24. The maximum Gasteiger partial charge on any atom is 0.272 e. The number of thiophene rings is 1. The lowest BCUT2D eigenvalue weighted by atomic mass is 10.1. The number of aromatic amines is 1. The number of rotatable bonds is 4. The summed E-state index contributed by atoms with van der Waals surface area (Å²) in [6.07, 6.45) is 0.156. The molecule has 6 heteroatoms. The first-order chi connectivity index (χ1) is 11.1. The minimum Gasteiger partial charge on any atom is -0.338 e. The van der Waals surface area contributed by atoms with Crippen LogP contribution in [-0.2, 0) is 11.2 Å². The molecule has 0 spiro atoms. The fourth-order valence-electron chi connectivity index (χ4n) is 2.51. The largest absolute Gasteiger partial charge is 0.338 e. The summed E-state index contributed by atoms with van der Waals surface area (Å²) in [6.45, 7) is 2.00. The van der Waals surface area contributed by atoms with Crippen LogP contribution in [0.3, 0.4) is 0 Å². The Kier molecular flexibility index (Phi) is 4.25. The molecular formula is C17H17N3O2S. The monoisotopic (exact) mass is 327 g/mol. The van der Waals surface area contributed by atoms with Gasteiger partial charge in [-0.3, -0.25) is 9.59 Å². The van der Waals surface area contributed by atoms with Crippen LogP contribution in [0.1, 0.15) is 23.5 Å². The second kappa shape index (κ2) is 6.34. The summed E-state index contributed by atoms with van der Waals surface area (Å²) in [5, 5.41) is 9.82. The third-order valence-corrected chi connectivity index (χ3v) is 5.07. The number of benzene rings is 1. The molecule has 0 saturated carbocycles. The molecule has 0 aliphatic rings. The average Bonchev–Trinajstić information content (AvgIpc) is 3.10. The normalized spacial score (nSPS) is 12.3. The molecule has 2 heterocycles. The zero-order valence-corrected chi connectivity index (χ0v) is 13.8. The Labute approximate surface area is 137 Å². The van der Waals surface area contributed by atoms with Crippen LogP contribution in [0.25, 0.3) is 10.8 Å². The van der Waals surface area contributed by atoms with Crippen molar-refractivity contribution < 1.29 is 4.79 Å². The average molecular weight is 327 g/mol. The summed E-state index contributed by atoms with van der Waals surface area (Å²) >= 11 is 1.63. The van der Waals surface area contributed by atoms with Crippen LogP contribution in [0.15, 0.2) is 46.6 Å². The molecule has 0 bridgehead atoms. The Hall–Kier alpha value is -2.47. The SMILES string of the molecule is CC(c1cccs1)N(C)C(=O)Cc1n[nH]c(=O)c2ccccc12. The highest BCUT2D eigenvalue weighted by Gasteiger charge is 2.20. The van der Waals surface area contributed by atoms with Crippen molar-refractivity contribution in [1.29, 1.82) is 0 Å². The van der Waals surface area contributed by atoms with Crippen LogP contribution in [0.5, 0.6) is 0 Å². The highest BCUT2D eigenvalue weighted by atomic mass is 32.1. The lowest BCUT2D eigenvalue weighted by molar-refractivity contribution is -0.131. The van der Waals surface area contributed by atoms with Crippen LogP contribution >= 0.6 is 11.3 Å². The van der Waals surface area contributed by atoms with Crippen LogP contribution in [-0.4, -0.2) is 28.1 Å². The van der Waals surface area contributed by atoms with Gasteiger partial charge in [-0.25, -0.2) is 5.10 Å². The minimum absolute atomic E-state index is 0.0107. The van der Waals surface area contributed by atoms with Gasteiger partial charge in [0.2, 0.25) is 5.91 Å². The molecule has 1 aromatic carbocycles. The van der Waals surface area contributed by atoms with Crippen molar-refractivity contribution in [2.45, 2.75) is 19.4 Å². The number of nitrogens with zero attached hydrogens (tertiary/aromatic N) is 2. The summed E-state index contributed by atoms with van der Waals surface area (Å²) in [5.74, 6) is -0.0318. The van der Waals surface area contributed by atoms with Crippen molar-refractivity contribution in [3.05, 3.63) is 62.7 Å². The maximum absolute atomic E-state index is 12.6. The zero-order chi connectivity index (χ0) is 16.4. The Bertz CT molecular complexity index is 886. The quantitative estimate of drug-likeness (QED) is 0.801. The molecule has 1 N–H and O–H groups in total. The van der Waals surface area contributed by atoms with Gasteiger partial charge in [0, 0.05) is 17.3 Å². The van der Waals surface area contributed by atoms with Gasteiger partial charge in [-0.1, -0.05) is 24.3 Å². The number of likely N-dealkylation sites (N-methyl/N-ethyl adjacent to an activating group) is 1. The summed E-state index contributed by atoms with van der Waals surface area (Å²) in [4.78, 5) is 27.2. The molecule has 3 rings (SSSR count). The topological polar surface area (TPSA) is 66.1 Å². The van der Waals surface area contributed by atoms with Crippen LogP contribution in [0.4, 0.5) is 0 Å². The molecule has 2 aromatic heterocycles. The number of fused-ring (bicyclic) bond motifs is 1. The number of carbonyl (C=O) groups is 1. The lowest BCUT2D eigenvalue weighted by Crippen LogP contribution is -2.31. The zero-order valence-electron chi connectivity index (χ0n) is 12.9. The molecule has 5 nitrogen and oxygen atoms in total. The third kappa shape index (κ3) is 3.03. The van der Waals surface area contributed by atoms with Gasteiger partial charge in [-0.15, -0.1) is 11.3 Å². The first-order valence-corrected chi connectivity index (χ1v) is 8.21. The highest BCUT2D eigenvalue weighted by molar-refractivity contribution is 7.10. The van der Waals surface area contributed by atoms with Crippen molar-refractivity contribution in [2.75, 3.05) is 7.05 Å². The van der Waals surface area contributed by atoms with Gasteiger partial charge < -0.3 is 4.90 Å². The maximum atomic E-state index is 12.6. The highest BCUT2D eigenvalue weighted by Crippen LogP contribution is 2.24. The van der Waals surface area contributed by atoms with Crippen molar-refractivity contribution in [3.63, 3.8) is 0 Å². The molecular weight excluding hydrogens is 310 g/mol. The van der Waals surface area contributed by atoms with E-state index in [2.05, 4.69) is 10.2 Å². The standard InChI is InChI=1S/C17H17N3O2S/c1-11(15-8-5-9-23-15)20(2)16(21)10-14-12-6-3-4-7-13(12)17(22)19-18-14/h3-9,11H,10H2,1-2H3,(H,19,22). The van der Waals surface area contributed by atoms with Crippen LogP contribution in [0.2, 0.25) is 0 Å². The Morgan fingerprint density at radius 2 is 2.00 bits per heavy atom. The second-order valence-electron chi connectivity index (χ2n) is 5.42. The van der Waals surface area contributed by atoms with E-state index in [0.29, 0.717) is 11.1 Å². The first kappa shape index (κ1) is 15.4. The van der Waals surface area contributed by atoms with E-state index in [0.717, 1.165) is 10.3 Å². The van der Waals surface area contributed by atoms with Gasteiger partial charge >= 0.3 is 0 Å². The fraction of sp³-hybridized carbons (Fsp3) is 0.235. The van der Waals surface area contributed by atoms with Crippen molar-refractivity contribution >= 4 is 28.0 Å². The minimum atomic E-state index is -0.239. The summed E-state index contributed by atoms with van der Waals surface area (Å²) in [5.41, 5.74) is 0.354. The van der Waals surface area contributed by atoms with Crippen LogP contribution in [0, 0.1) is 0 Å². The van der Waals surface area contributed by atoms with Gasteiger partial charge in [-0.05, 0) is 24.4 Å². The molecule has 0 radical (unpaired) electrons. The number of carbonyl (C=O) groups excluding carboxylic acids is 1. The molecule has 0 aliphatic carbocycles. The molecule has 3 aromatic rings. The molecule has 0 aliphatic heterocycles. The van der Waals surface area contributed by atoms with E-state index in [9.17, 15) is 9.59 Å². The van der Waals surface area contributed by atoms with Gasteiger partial charge in [-0.2, -0.15) is 5.10 Å². The van der Waals surface area contributed by atoms with E-state index in [-0.39, 0.29) is 23.9 Å². The molecule has 0 fully saturated rings. The predicted octanol–water partition coefficient (Wildman–Crippen LogP) is 2.75. The van der Waals surface area contributed by atoms with Gasteiger partial charge in [0.1, 0.15) is 0 Å². The number of amides is 1. The second-order valence-corrected chi connectivity index (χ2v) is 6.40.